The summed E-state index contributed by atoms with van der Waals surface area (Å²) in [6, 6.07) is 6.93. The summed E-state index contributed by atoms with van der Waals surface area (Å²) in [4.78, 5) is 27.1. The lowest BCUT2D eigenvalue weighted by molar-refractivity contribution is -0.117. The number of nitrogens with one attached hydrogen (secondary N) is 1. The van der Waals surface area contributed by atoms with Crippen molar-refractivity contribution < 1.29 is 9.59 Å². The van der Waals surface area contributed by atoms with Gasteiger partial charge < -0.3 is 10.2 Å². The summed E-state index contributed by atoms with van der Waals surface area (Å²) in [6.45, 7) is 6.13. The fourth-order valence-electron chi connectivity index (χ4n) is 1.81. The van der Waals surface area contributed by atoms with E-state index in [9.17, 15) is 9.59 Å². The molecule has 0 unspecified atom stereocenters. The van der Waals surface area contributed by atoms with Gasteiger partial charge in [0.2, 0.25) is 5.91 Å². The number of rotatable bonds is 6. The third-order valence-corrected chi connectivity index (χ3v) is 3.08. The standard InChI is InChI=1S/C15H23N3O2/c1-5-18(6-2)11-14(19)16-13-9-7-12(8-10-13)15(20)17(3)4/h7-10H,5-6,11H2,1-4H3,(H,16,19). The summed E-state index contributed by atoms with van der Waals surface area (Å²) in [5.74, 6) is -0.0913. The molecule has 0 aromatic heterocycles. The van der Waals surface area contributed by atoms with E-state index in [2.05, 4.69) is 5.32 Å². The highest BCUT2D eigenvalue weighted by molar-refractivity contribution is 5.95. The highest BCUT2D eigenvalue weighted by Crippen LogP contribution is 2.10. The van der Waals surface area contributed by atoms with Gasteiger partial charge in [0.15, 0.2) is 0 Å². The number of carbonyl (C=O) groups is 2. The maximum atomic E-state index is 11.8. The predicted octanol–water partition coefficient (Wildman–Crippen LogP) is 1.67. The number of benzene rings is 1. The van der Waals surface area contributed by atoms with Crippen LogP contribution in [0.25, 0.3) is 0 Å². The molecule has 0 saturated carbocycles. The average Bonchev–Trinajstić information content (AvgIpc) is 2.44. The van der Waals surface area contributed by atoms with E-state index in [0.717, 1.165) is 13.1 Å². The van der Waals surface area contributed by atoms with Crippen LogP contribution in [-0.4, -0.2) is 55.3 Å². The van der Waals surface area contributed by atoms with E-state index in [4.69, 9.17) is 0 Å². The van der Waals surface area contributed by atoms with Crippen LogP contribution in [0.5, 0.6) is 0 Å². The first-order valence-corrected chi connectivity index (χ1v) is 6.81. The number of carbonyl (C=O) groups excluding carboxylic acids is 2. The Kier molecular flexibility index (Phi) is 6.18. The number of hydrogen-bond donors (Lipinski definition) is 1. The molecule has 5 nitrogen and oxygen atoms in total. The molecule has 0 heterocycles. The van der Waals surface area contributed by atoms with Crippen LogP contribution in [-0.2, 0) is 4.79 Å². The van der Waals surface area contributed by atoms with Crippen LogP contribution in [0, 0.1) is 0 Å². The van der Waals surface area contributed by atoms with Gasteiger partial charge in [-0.3, -0.25) is 14.5 Å². The molecule has 0 aliphatic heterocycles. The van der Waals surface area contributed by atoms with Crippen molar-refractivity contribution in [2.75, 3.05) is 39.0 Å². The molecular formula is C15H23N3O2. The lowest BCUT2D eigenvalue weighted by Gasteiger charge is -2.17. The van der Waals surface area contributed by atoms with Crippen molar-refractivity contribution in [3.8, 4) is 0 Å². The molecule has 110 valence electrons. The smallest absolute Gasteiger partial charge is 0.253 e. The van der Waals surface area contributed by atoms with Gasteiger partial charge in [0.25, 0.3) is 5.91 Å². The van der Waals surface area contributed by atoms with Gasteiger partial charge >= 0.3 is 0 Å². The SMILES string of the molecule is CCN(CC)CC(=O)Nc1ccc(C(=O)N(C)C)cc1. The second kappa shape index (κ2) is 7.65. The predicted molar refractivity (Wildman–Crippen MR) is 80.9 cm³/mol. The van der Waals surface area contributed by atoms with Gasteiger partial charge in [0.1, 0.15) is 0 Å². The third kappa shape index (κ3) is 4.66. The van der Waals surface area contributed by atoms with Crippen LogP contribution in [0.4, 0.5) is 5.69 Å². The summed E-state index contributed by atoms with van der Waals surface area (Å²) in [6.07, 6.45) is 0. The van der Waals surface area contributed by atoms with E-state index in [0.29, 0.717) is 17.8 Å². The molecule has 0 spiro atoms. The molecule has 5 heteroatoms. The van der Waals surface area contributed by atoms with Crippen molar-refractivity contribution in [2.24, 2.45) is 0 Å². The summed E-state index contributed by atoms with van der Waals surface area (Å²) in [5, 5.41) is 2.83. The second-order valence-corrected chi connectivity index (χ2v) is 4.79. The molecule has 1 aromatic rings. The lowest BCUT2D eigenvalue weighted by Crippen LogP contribution is -2.32. The first kappa shape index (κ1) is 16.2. The Hall–Kier alpha value is -1.88. The Morgan fingerprint density at radius 1 is 1.05 bits per heavy atom. The molecule has 0 aliphatic rings. The second-order valence-electron chi connectivity index (χ2n) is 4.79. The van der Waals surface area contributed by atoms with Gasteiger partial charge in [-0.25, -0.2) is 0 Å². The molecule has 0 radical (unpaired) electrons. The van der Waals surface area contributed by atoms with E-state index in [-0.39, 0.29) is 11.8 Å². The minimum atomic E-state index is -0.0500. The van der Waals surface area contributed by atoms with E-state index >= 15 is 0 Å². The van der Waals surface area contributed by atoms with Crippen molar-refractivity contribution in [1.29, 1.82) is 0 Å². The third-order valence-electron chi connectivity index (χ3n) is 3.08. The largest absolute Gasteiger partial charge is 0.345 e. The Morgan fingerprint density at radius 2 is 1.60 bits per heavy atom. The van der Waals surface area contributed by atoms with Crippen LogP contribution in [0.2, 0.25) is 0 Å². The molecule has 1 rings (SSSR count). The highest BCUT2D eigenvalue weighted by Gasteiger charge is 2.09. The fourth-order valence-corrected chi connectivity index (χ4v) is 1.81. The molecule has 2 amide bonds. The molecule has 0 saturated heterocycles. The van der Waals surface area contributed by atoms with E-state index in [1.54, 1.807) is 38.4 Å². The Labute approximate surface area is 120 Å². The van der Waals surface area contributed by atoms with Gasteiger partial charge in [0, 0.05) is 25.3 Å². The summed E-state index contributed by atoms with van der Waals surface area (Å²) in [7, 11) is 3.42. The number of nitrogens with zero attached hydrogens (tertiary/aromatic N) is 2. The molecular weight excluding hydrogens is 254 g/mol. The number of anilines is 1. The van der Waals surface area contributed by atoms with E-state index in [1.807, 2.05) is 18.7 Å². The molecule has 0 fully saturated rings. The Balaban J connectivity index is 2.61. The quantitative estimate of drug-likeness (QED) is 0.860. The van der Waals surface area contributed by atoms with Crippen molar-refractivity contribution >= 4 is 17.5 Å². The summed E-state index contributed by atoms with van der Waals surface area (Å²) in [5.41, 5.74) is 1.31. The monoisotopic (exact) mass is 277 g/mol. The molecule has 0 bridgehead atoms. The van der Waals surface area contributed by atoms with Gasteiger partial charge in [0.05, 0.1) is 6.54 Å². The molecule has 0 aliphatic carbocycles. The zero-order chi connectivity index (χ0) is 15.1. The van der Waals surface area contributed by atoms with Crippen LogP contribution >= 0.6 is 0 Å². The average molecular weight is 277 g/mol. The number of amides is 2. The Morgan fingerprint density at radius 3 is 2.05 bits per heavy atom. The topological polar surface area (TPSA) is 52.7 Å². The van der Waals surface area contributed by atoms with Gasteiger partial charge in [-0.2, -0.15) is 0 Å². The fraction of sp³-hybridized carbons (Fsp3) is 0.467. The van der Waals surface area contributed by atoms with Crippen LogP contribution in [0.1, 0.15) is 24.2 Å². The van der Waals surface area contributed by atoms with Crippen molar-refractivity contribution in [3.63, 3.8) is 0 Å². The maximum absolute atomic E-state index is 11.8. The van der Waals surface area contributed by atoms with Gasteiger partial charge in [-0.15, -0.1) is 0 Å². The van der Waals surface area contributed by atoms with Gasteiger partial charge in [-0.05, 0) is 37.4 Å². The molecule has 1 aromatic carbocycles. The minimum Gasteiger partial charge on any atom is -0.345 e. The van der Waals surface area contributed by atoms with Gasteiger partial charge in [-0.1, -0.05) is 13.8 Å². The first-order valence-electron chi connectivity index (χ1n) is 6.81. The number of hydrogen-bond acceptors (Lipinski definition) is 3. The maximum Gasteiger partial charge on any atom is 0.253 e. The Bertz CT molecular complexity index is 451. The molecule has 0 atom stereocenters. The number of likely N-dealkylation sites (N-methyl/N-ethyl adjacent to an activating group) is 1. The highest BCUT2D eigenvalue weighted by atomic mass is 16.2. The molecule has 1 N–H and O–H groups in total. The zero-order valence-electron chi connectivity index (χ0n) is 12.6. The van der Waals surface area contributed by atoms with Crippen molar-refractivity contribution in [2.45, 2.75) is 13.8 Å². The summed E-state index contributed by atoms with van der Waals surface area (Å²) >= 11 is 0. The zero-order valence-corrected chi connectivity index (χ0v) is 12.6. The van der Waals surface area contributed by atoms with Crippen LogP contribution in [0.3, 0.4) is 0 Å². The first-order chi connectivity index (χ1) is 9.47. The normalized spacial score (nSPS) is 10.4. The van der Waals surface area contributed by atoms with Crippen LogP contribution in [0.15, 0.2) is 24.3 Å². The van der Waals surface area contributed by atoms with Crippen molar-refractivity contribution in [3.05, 3.63) is 29.8 Å². The van der Waals surface area contributed by atoms with Crippen LogP contribution < -0.4 is 5.32 Å². The minimum absolute atomic E-state index is 0.0413. The molecule has 20 heavy (non-hydrogen) atoms. The van der Waals surface area contributed by atoms with E-state index in [1.165, 1.54) is 4.90 Å². The van der Waals surface area contributed by atoms with E-state index < -0.39 is 0 Å². The summed E-state index contributed by atoms with van der Waals surface area (Å²) < 4.78 is 0. The van der Waals surface area contributed by atoms with Crippen molar-refractivity contribution in [1.82, 2.24) is 9.80 Å². The lowest BCUT2D eigenvalue weighted by atomic mass is 10.2.